The molecule has 0 radical (unpaired) electrons. The van der Waals surface area contributed by atoms with E-state index in [1.54, 1.807) is 0 Å². The maximum absolute atomic E-state index is 8.95. The molecule has 1 aromatic rings. The zero-order chi connectivity index (χ0) is 11.3. The molecule has 1 aliphatic carbocycles. The molecule has 80 valence electrons. The molecule has 1 aliphatic heterocycles. The number of aryl methyl sites for hydroxylation is 1. The third-order valence-electron chi connectivity index (χ3n) is 3.51. The van der Waals surface area contributed by atoms with Gasteiger partial charge in [0.05, 0.1) is 12.1 Å². The minimum absolute atomic E-state index is 0.412. The molecule has 0 spiro atoms. The number of anilines is 1. The van der Waals surface area contributed by atoms with Crippen LogP contribution in [-0.2, 0) is 7.05 Å². The van der Waals surface area contributed by atoms with Crippen molar-refractivity contribution in [3.05, 3.63) is 35.6 Å². The summed E-state index contributed by atoms with van der Waals surface area (Å²) in [7, 11) is 4.18. The van der Waals surface area contributed by atoms with Gasteiger partial charge in [-0.05, 0) is 24.1 Å². The Morgan fingerprint density at radius 1 is 1.44 bits per heavy atom. The fraction of sp³-hybridized carbons (Fsp3) is 0.308. The van der Waals surface area contributed by atoms with Crippen molar-refractivity contribution in [2.75, 3.05) is 11.9 Å². The first-order valence-corrected chi connectivity index (χ1v) is 5.42. The average molecular weight is 211 g/mol. The van der Waals surface area contributed by atoms with Gasteiger partial charge < -0.3 is 9.47 Å². The molecule has 0 N–H and O–H groups in total. The lowest BCUT2D eigenvalue weighted by molar-refractivity contribution is 0.757. The number of likely N-dealkylation sites (N-methyl/N-ethyl adjacent to an activating group) is 1. The Hall–Kier alpha value is -1.95. The molecule has 16 heavy (non-hydrogen) atoms. The first-order chi connectivity index (χ1) is 7.72. The SMILES string of the molecule is CN1c2c(ccn2C)C2=CC(C#N)=CCC21. The number of hydrogen-bond donors (Lipinski definition) is 0. The molecule has 2 heterocycles. The Morgan fingerprint density at radius 2 is 2.25 bits per heavy atom. The van der Waals surface area contributed by atoms with Crippen molar-refractivity contribution < 1.29 is 0 Å². The second kappa shape index (κ2) is 3.02. The normalized spacial score (nSPS) is 22.1. The average Bonchev–Trinajstić information content (AvgIpc) is 2.81. The van der Waals surface area contributed by atoms with Crippen molar-refractivity contribution in [1.82, 2.24) is 4.57 Å². The van der Waals surface area contributed by atoms with Crippen LogP contribution in [0.5, 0.6) is 0 Å². The Morgan fingerprint density at radius 3 is 3.00 bits per heavy atom. The third kappa shape index (κ3) is 1.02. The van der Waals surface area contributed by atoms with Crippen LogP contribution in [0.3, 0.4) is 0 Å². The number of aromatic nitrogens is 1. The molecule has 0 aromatic carbocycles. The highest BCUT2D eigenvalue weighted by Gasteiger charge is 2.34. The minimum Gasteiger partial charge on any atom is -0.353 e. The molecule has 0 bridgehead atoms. The van der Waals surface area contributed by atoms with Gasteiger partial charge in [-0.2, -0.15) is 5.26 Å². The van der Waals surface area contributed by atoms with Crippen LogP contribution < -0.4 is 4.90 Å². The van der Waals surface area contributed by atoms with Gasteiger partial charge in [-0.15, -0.1) is 0 Å². The summed E-state index contributed by atoms with van der Waals surface area (Å²) in [6.45, 7) is 0. The van der Waals surface area contributed by atoms with Crippen LogP contribution in [0.2, 0.25) is 0 Å². The number of nitriles is 1. The largest absolute Gasteiger partial charge is 0.353 e. The van der Waals surface area contributed by atoms with Crippen molar-refractivity contribution >= 4 is 11.4 Å². The molecule has 1 aromatic heterocycles. The second-order valence-electron chi connectivity index (χ2n) is 4.40. The molecule has 1 atom stereocenters. The maximum atomic E-state index is 8.95. The summed E-state index contributed by atoms with van der Waals surface area (Å²) >= 11 is 0. The topological polar surface area (TPSA) is 32.0 Å². The lowest BCUT2D eigenvalue weighted by Crippen LogP contribution is -2.29. The molecule has 0 saturated carbocycles. The van der Waals surface area contributed by atoms with Gasteiger partial charge in [0.1, 0.15) is 5.82 Å². The number of fused-ring (bicyclic) bond motifs is 3. The van der Waals surface area contributed by atoms with Gasteiger partial charge in [0, 0.05) is 31.4 Å². The van der Waals surface area contributed by atoms with Crippen molar-refractivity contribution in [2.45, 2.75) is 12.5 Å². The van der Waals surface area contributed by atoms with Crippen LogP contribution >= 0.6 is 0 Å². The Balaban J connectivity index is 2.17. The van der Waals surface area contributed by atoms with E-state index in [0.29, 0.717) is 6.04 Å². The van der Waals surface area contributed by atoms with Gasteiger partial charge >= 0.3 is 0 Å². The van der Waals surface area contributed by atoms with E-state index in [0.717, 1.165) is 12.0 Å². The van der Waals surface area contributed by atoms with Crippen LogP contribution in [0.4, 0.5) is 5.82 Å². The summed E-state index contributed by atoms with van der Waals surface area (Å²) in [4.78, 5) is 2.30. The quantitative estimate of drug-likeness (QED) is 0.658. The summed E-state index contributed by atoms with van der Waals surface area (Å²) in [6.07, 6.45) is 7.05. The summed E-state index contributed by atoms with van der Waals surface area (Å²) in [5.74, 6) is 1.25. The Bertz CT molecular complexity index is 554. The predicted molar refractivity (Wildman–Crippen MR) is 63.9 cm³/mol. The number of hydrogen-bond acceptors (Lipinski definition) is 2. The second-order valence-corrected chi connectivity index (χ2v) is 4.40. The number of allylic oxidation sites excluding steroid dienone is 2. The Labute approximate surface area is 94.9 Å². The van der Waals surface area contributed by atoms with Crippen LogP contribution in [-0.4, -0.2) is 17.7 Å². The molecular weight excluding hydrogens is 198 g/mol. The van der Waals surface area contributed by atoms with Gasteiger partial charge in [-0.25, -0.2) is 0 Å². The molecule has 0 saturated heterocycles. The highest BCUT2D eigenvalue weighted by molar-refractivity contribution is 5.89. The van der Waals surface area contributed by atoms with E-state index in [4.69, 9.17) is 5.26 Å². The van der Waals surface area contributed by atoms with E-state index >= 15 is 0 Å². The highest BCUT2D eigenvalue weighted by Crippen LogP contribution is 2.43. The predicted octanol–water partition coefficient (Wildman–Crippen LogP) is 2.08. The van der Waals surface area contributed by atoms with E-state index in [2.05, 4.69) is 41.9 Å². The number of rotatable bonds is 0. The fourth-order valence-electron chi connectivity index (χ4n) is 2.72. The van der Waals surface area contributed by atoms with Crippen molar-refractivity contribution in [3.63, 3.8) is 0 Å². The van der Waals surface area contributed by atoms with Gasteiger partial charge in [-0.1, -0.05) is 6.08 Å². The van der Waals surface area contributed by atoms with E-state index in [-0.39, 0.29) is 0 Å². The van der Waals surface area contributed by atoms with Gasteiger partial charge in [-0.3, -0.25) is 0 Å². The first kappa shape index (κ1) is 9.29. The molecular formula is C13H13N3. The Kier molecular flexibility index (Phi) is 1.75. The summed E-state index contributed by atoms with van der Waals surface area (Å²) in [5.41, 5.74) is 3.35. The van der Waals surface area contributed by atoms with Crippen LogP contribution in [0.25, 0.3) is 5.57 Å². The molecule has 3 heteroatoms. The molecule has 1 unspecified atom stereocenters. The van der Waals surface area contributed by atoms with Gasteiger partial charge in [0.25, 0.3) is 0 Å². The summed E-state index contributed by atoms with van der Waals surface area (Å²) in [6, 6.07) is 4.78. The first-order valence-electron chi connectivity index (χ1n) is 5.42. The van der Waals surface area contributed by atoms with Crippen LogP contribution in [0.1, 0.15) is 12.0 Å². The van der Waals surface area contributed by atoms with E-state index in [1.807, 2.05) is 12.2 Å². The van der Waals surface area contributed by atoms with Gasteiger partial charge in [0.15, 0.2) is 0 Å². The lowest BCUT2D eigenvalue weighted by atomic mass is 9.93. The molecule has 3 rings (SSSR count). The monoisotopic (exact) mass is 211 g/mol. The van der Waals surface area contributed by atoms with Crippen LogP contribution in [0.15, 0.2) is 30.0 Å². The van der Waals surface area contributed by atoms with Gasteiger partial charge in [0.2, 0.25) is 0 Å². The molecule has 2 aliphatic rings. The maximum Gasteiger partial charge on any atom is 0.116 e. The smallest absolute Gasteiger partial charge is 0.116 e. The van der Waals surface area contributed by atoms with E-state index in [9.17, 15) is 0 Å². The molecule has 0 fully saturated rings. The van der Waals surface area contributed by atoms with E-state index in [1.165, 1.54) is 17.0 Å². The lowest BCUT2D eigenvalue weighted by Gasteiger charge is -2.25. The van der Waals surface area contributed by atoms with Crippen molar-refractivity contribution in [1.29, 1.82) is 5.26 Å². The summed E-state index contributed by atoms with van der Waals surface area (Å²) in [5, 5.41) is 8.95. The number of nitrogens with zero attached hydrogens (tertiary/aromatic N) is 3. The minimum atomic E-state index is 0.412. The van der Waals surface area contributed by atoms with E-state index < -0.39 is 0 Å². The van der Waals surface area contributed by atoms with Crippen molar-refractivity contribution in [3.8, 4) is 6.07 Å². The third-order valence-corrected chi connectivity index (χ3v) is 3.51. The summed E-state index contributed by atoms with van der Waals surface area (Å²) < 4.78 is 2.14. The zero-order valence-electron chi connectivity index (χ0n) is 9.44. The molecule has 3 nitrogen and oxygen atoms in total. The van der Waals surface area contributed by atoms with Crippen molar-refractivity contribution in [2.24, 2.45) is 7.05 Å². The van der Waals surface area contributed by atoms with Crippen LogP contribution in [0, 0.1) is 11.3 Å². The standard InChI is InChI=1S/C13H13N3/c1-15-6-5-10-11-7-9(8-14)3-4-12(11)16(2)13(10)15/h3,5-7,12H,4H2,1-2H3. The molecule has 0 amide bonds. The fourth-order valence-corrected chi connectivity index (χ4v) is 2.72. The highest BCUT2D eigenvalue weighted by atomic mass is 15.3. The zero-order valence-corrected chi connectivity index (χ0v) is 9.44.